The van der Waals surface area contributed by atoms with Crippen LogP contribution in [0.5, 0.6) is 17.5 Å². The minimum atomic E-state index is 0. The number of ether oxygens (including phenoxy) is 2. The summed E-state index contributed by atoms with van der Waals surface area (Å²) in [6, 6.07) is 25.9. The van der Waals surface area contributed by atoms with Crippen LogP contribution in [-0.2, 0) is 13.1 Å². The Morgan fingerprint density at radius 1 is 0.833 bits per heavy atom. The lowest BCUT2D eigenvalue weighted by molar-refractivity contribution is -0.00000680. The van der Waals surface area contributed by atoms with E-state index in [0.29, 0.717) is 18.0 Å². The molecule has 4 rings (SSSR count). The average molecular weight is 423 g/mol. The van der Waals surface area contributed by atoms with Crippen LogP contribution in [0.1, 0.15) is 11.1 Å². The summed E-state index contributed by atoms with van der Waals surface area (Å²) >= 11 is 0. The van der Waals surface area contributed by atoms with E-state index < -0.39 is 0 Å². The molecule has 1 N–H and O–H groups in total. The number of halogens is 1. The first kappa shape index (κ1) is 21.3. The molecule has 30 heavy (non-hydrogen) atoms. The normalized spacial score (nSPS) is 10.3. The molecule has 0 bridgehead atoms. The maximum Gasteiger partial charge on any atom is 0.346 e. The van der Waals surface area contributed by atoms with E-state index >= 15 is 0 Å². The Morgan fingerprint density at radius 3 is 2.27 bits per heavy atom. The van der Waals surface area contributed by atoms with Crippen molar-refractivity contribution in [2.45, 2.75) is 13.1 Å². The number of nitrogens with zero attached hydrogens (tertiary/aromatic N) is 4. The fraction of sp³-hybridized carbons (Fsp3) is 0.136. The van der Waals surface area contributed by atoms with Gasteiger partial charge >= 0.3 is 6.01 Å². The highest BCUT2D eigenvalue weighted by molar-refractivity contribution is 5.44. The molecule has 8 heteroatoms. The van der Waals surface area contributed by atoms with Crippen molar-refractivity contribution in [3.8, 4) is 23.2 Å². The lowest BCUT2D eigenvalue weighted by Gasteiger charge is -2.12. The van der Waals surface area contributed by atoms with Gasteiger partial charge in [-0.1, -0.05) is 59.7 Å². The molecule has 0 unspecified atom stereocenters. The topological polar surface area (TPSA) is 74.1 Å². The largest absolute Gasteiger partial charge is 1.00 e. The van der Waals surface area contributed by atoms with E-state index in [4.69, 9.17) is 9.47 Å². The van der Waals surface area contributed by atoms with Crippen LogP contribution in [0, 0.1) is 0 Å². The van der Waals surface area contributed by atoms with Crippen molar-refractivity contribution in [2.24, 2.45) is 0 Å². The summed E-state index contributed by atoms with van der Waals surface area (Å²) in [5.74, 6) is 1.16. The van der Waals surface area contributed by atoms with Gasteiger partial charge in [0.05, 0.1) is 12.8 Å². The summed E-state index contributed by atoms with van der Waals surface area (Å²) in [5.41, 5.74) is 3.15. The summed E-state index contributed by atoms with van der Waals surface area (Å²) in [5, 5.41) is 15.1. The molecule has 0 amide bonds. The molecule has 4 aromatic rings. The lowest BCUT2D eigenvalue weighted by Crippen LogP contribution is -3.00. The third-order valence-corrected chi connectivity index (χ3v) is 4.37. The van der Waals surface area contributed by atoms with E-state index in [1.807, 2.05) is 66.7 Å². The van der Waals surface area contributed by atoms with E-state index in [0.717, 1.165) is 17.8 Å². The molecule has 0 aliphatic carbocycles. The second kappa shape index (κ2) is 10.4. The first-order valence-electron chi connectivity index (χ1n) is 9.27. The number of tetrazole rings is 1. The van der Waals surface area contributed by atoms with Crippen molar-refractivity contribution >= 4 is 0 Å². The quantitative estimate of drug-likeness (QED) is 0.452. The molecule has 0 spiro atoms. The Balaban J connectivity index is 0.00000256. The van der Waals surface area contributed by atoms with Crippen molar-refractivity contribution in [1.29, 1.82) is 0 Å². The lowest BCUT2D eigenvalue weighted by atomic mass is 10.2. The molecule has 3 aromatic carbocycles. The predicted octanol–water partition coefficient (Wildman–Crippen LogP) is 0.757. The van der Waals surface area contributed by atoms with Crippen molar-refractivity contribution in [1.82, 2.24) is 25.5 Å². The van der Waals surface area contributed by atoms with Crippen molar-refractivity contribution < 1.29 is 21.9 Å². The smallest absolute Gasteiger partial charge is 0.346 e. The molecule has 0 atom stereocenters. The molecule has 0 saturated carbocycles. The molecule has 154 valence electrons. The summed E-state index contributed by atoms with van der Waals surface area (Å²) in [7, 11) is 1.61. The second-order valence-electron chi connectivity index (χ2n) is 6.39. The van der Waals surface area contributed by atoms with Gasteiger partial charge in [0, 0.05) is 13.1 Å². The van der Waals surface area contributed by atoms with Gasteiger partial charge in [-0.05, 0) is 45.8 Å². The highest BCUT2D eigenvalue weighted by atomic mass is 35.5. The van der Waals surface area contributed by atoms with Crippen LogP contribution in [0.25, 0.3) is 5.69 Å². The number of aromatic nitrogens is 4. The first-order valence-corrected chi connectivity index (χ1v) is 9.27. The van der Waals surface area contributed by atoms with E-state index in [1.54, 1.807) is 7.11 Å². The maximum atomic E-state index is 5.94. The zero-order valence-corrected chi connectivity index (χ0v) is 17.2. The number of methoxy groups -OCH3 is 1. The van der Waals surface area contributed by atoms with Gasteiger partial charge in [-0.25, -0.2) is 0 Å². The SMILES string of the molecule is COc1cc(CNCc2ccccc2)ccc1Oc1nnnn1-c1ccccc1.[Cl-]. The van der Waals surface area contributed by atoms with Gasteiger partial charge in [0.1, 0.15) is 0 Å². The second-order valence-corrected chi connectivity index (χ2v) is 6.39. The molecule has 0 fully saturated rings. The molecular weight excluding hydrogens is 402 g/mol. The van der Waals surface area contributed by atoms with Gasteiger partial charge in [0.2, 0.25) is 0 Å². The number of nitrogens with one attached hydrogen (secondary N) is 1. The fourth-order valence-corrected chi connectivity index (χ4v) is 2.93. The Kier molecular flexibility index (Phi) is 7.37. The van der Waals surface area contributed by atoms with Crippen LogP contribution in [0.4, 0.5) is 0 Å². The molecule has 0 aliphatic rings. The van der Waals surface area contributed by atoms with Gasteiger partial charge < -0.3 is 27.2 Å². The van der Waals surface area contributed by atoms with Crippen LogP contribution in [0.15, 0.2) is 78.9 Å². The summed E-state index contributed by atoms with van der Waals surface area (Å²) in [6.07, 6.45) is 0. The number of hydrogen-bond donors (Lipinski definition) is 1. The van der Waals surface area contributed by atoms with E-state index in [1.165, 1.54) is 10.2 Å². The van der Waals surface area contributed by atoms with Crippen LogP contribution in [-0.4, -0.2) is 27.3 Å². The standard InChI is InChI=1S/C22H21N5O2.ClH/c1-28-21-14-18(16-23-15-17-8-4-2-5-9-17)12-13-20(21)29-22-24-25-26-27(22)19-10-6-3-7-11-19;/h2-14,23H,15-16H2,1H3;1H/p-1. The van der Waals surface area contributed by atoms with E-state index in [2.05, 4.69) is 33.0 Å². The van der Waals surface area contributed by atoms with Crippen LogP contribution in [0.2, 0.25) is 0 Å². The van der Waals surface area contributed by atoms with Crippen molar-refractivity contribution in [3.63, 3.8) is 0 Å². The number of para-hydroxylation sites is 1. The minimum Gasteiger partial charge on any atom is -1.00 e. The van der Waals surface area contributed by atoms with Crippen LogP contribution < -0.4 is 27.2 Å². The van der Waals surface area contributed by atoms with E-state index in [-0.39, 0.29) is 18.4 Å². The zero-order chi connectivity index (χ0) is 19.9. The highest BCUT2D eigenvalue weighted by Crippen LogP contribution is 2.32. The Hall–Kier alpha value is -3.42. The predicted molar refractivity (Wildman–Crippen MR) is 109 cm³/mol. The molecule has 7 nitrogen and oxygen atoms in total. The van der Waals surface area contributed by atoms with Gasteiger partial charge in [0.15, 0.2) is 11.5 Å². The third kappa shape index (κ3) is 5.14. The van der Waals surface area contributed by atoms with Gasteiger partial charge in [0.25, 0.3) is 0 Å². The molecule has 1 heterocycles. The Bertz CT molecular complexity index is 1060. The zero-order valence-electron chi connectivity index (χ0n) is 16.4. The van der Waals surface area contributed by atoms with Gasteiger partial charge in [-0.2, -0.15) is 4.68 Å². The maximum absolute atomic E-state index is 5.94. The Labute approximate surface area is 181 Å². The van der Waals surface area contributed by atoms with Crippen LogP contribution in [0.3, 0.4) is 0 Å². The molecular formula is C22H21ClN5O2-. The molecule has 0 radical (unpaired) electrons. The highest BCUT2D eigenvalue weighted by Gasteiger charge is 2.14. The van der Waals surface area contributed by atoms with Crippen LogP contribution >= 0.6 is 0 Å². The van der Waals surface area contributed by atoms with E-state index in [9.17, 15) is 0 Å². The minimum absolute atomic E-state index is 0. The monoisotopic (exact) mass is 422 g/mol. The Morgan fingerprint density at radius 2 is 1.53 bits per heavy atom. The fourth-order valence-electron chi connectivity index (χ4n) is 2.93. The summed E-state index contributed by atoms with van der Waals surface area (Å²) < 4.78 is 13.0. The molecule has 0 aliphatic heterocycles. The molecule has 1 aromatic heterocycles. The number of hydrogen-bond acceptors (Lipinski definition) is 6. The van der Waals surface area contributed by atoms with Gasteiger partial charge in [-0.3, -0.25) is 0 Å². The first-order chi connectivity index (χ1) is 14.3. The summed E-state index contributed by atoms with van der Waals surface area (Å²) in [4.78, 5) is 0. The number of rotatable bonds is 8. The van der Waals surface area contributed by atoms with Crippen molar-refractivity contribution in [2.75, 3.05) is 7.11 Å². The van der Waals surface area contributed by atoms with Gasteiger partial charge in [-0.15, -0.1) is 0 Å². The number of benzene rings is 3. The van der Waals surface area contributed by atoms with Crippen molar-refractivity contribution in [3.05, 3.63) is 90.0 Å². The average Bonchev–Trinajstić information content (AvgIpc) is 3.24. The molecule has 0 saturated heterocycles. The summed E-state index contributed by atoms with van der Waals surface area (Å²) in [6.45, 7) is 1.51. The third-order valence-electron chi connectivity index (χ3n) is 4.37.